The fourth-order valence-electron chi connectivity index (χ4n) is 3.64. The number of carbonyl (C=O) groups excluding carboxylic acids is 1. The number of hydrogen-bond donors (Lipinski definition) is 11. The molecule has 46 heavy (non-hydrogen) atoms. The fourth-order valence-corrected chi connectivity index (χ4v) is 8.70. The van der Waals surface area contributed by atoms with Crippen LogP contribution in [0, 0.1) is 0 Å². The van der Waals surface area contributed by atoms with Crippen LogP contribution in [-0.2, 0) is 49.8 Å². The zero-order valence-electron chi connectivity index (χ0n) is 22.4. The number of hydrogen-bond acceptors (Lipinski definition) is 21. The molecule has 0 radical (unpaired) electrons. The molecule has 12 atom stereocenters. The van der Waals surface area contributed by atoms with Gasteiger partial charge in [-0.1, -0.05) is 0 Å². The number of aldehydes is 1. The van der Waals surface area contributed by atoms with Crippen molar-refractivity contribution in [2.45, 2.75) is 49.0 Å². The lowest BCUT2D eigenvalue weighted by molar-refractivity contribution is -0.134. The van der Waals surface area contributed by atoms with E-state index in [9.17, 15) is 68.2 Å². The van der Waals surface area contributed by atoms with Gasteiger partial charge in [-0.25, -0.2) is 33.2 Å². The molecule has 262 valence electrons. The minimum Gasteiger partial charge on any atom is -0.394 e. The van der Waals surface area contributed by atoms with Gasteiger partial charge < -0.3 is 65.5 Å². The van der Waals surface area contributed by atoms with Crippen molar-refractivity contribution in [1.29, 1.82) is 0 Å². The van der Waals surface area contributed by atoms with Crippen LogP contribution in [0.3, 0.4) is 0 Å². The maximum absolute atomic E-state index is 12.3. The summed E-state index contributed by atoms with van der Waals surface area (Å²) in [5.41, 5.74) is 5.85. The van der Waals surface area contributed by atoms with Gasteiger partial charge in [0.2, 0.25) is 0 Å². The van der Waals surface area contributed by atoms with Crippen LogP contribution in [0.4, 0.5) is 5.82 Å². The number of aliphatic hydroxyl groups is 6. The number of nitrogen functional groups attached to an aromatic ring is 1. The molecular formula is C16H27N5O21P4. The third-order valence-corrected chi connectivity index (χ3v) is 11.6. The summed E-state index contributed by atoms with van der Waals surface area (Å²) in [4.78, 5) is 61.5. The van der Waals surface area contributed by atoms with E-state index in [1.807, 2.05) is 0 Å². The molecule has 2 aromatic rings. The van der Waals surface area contributed by atoms with Gasteiger partial charge in [0, 0.05) is 0 Å². The number of ether oxygens (including phenoxy) is 1. The van der Waals surface area contributed by atoms with Crippen LogP contribution in [0.1, 0.15) is 6.23 Å². The van der Waals surface area contributed by atoms with Gasteiger partial charge in [0.05, 0.1) is 19.5 Å². The molecule has 3 rings (SSSR count). The molecule has 26 nitrogen and oxygen atoms in total. The number of imidazole rings is 1. The number of carbonyl (C=O) groups is 1. The molecule has 0 saturated carbocycles. The third kappa shape index (κ3) is 9.69. The van der Waals surface area contributed by atoms with Crippen LogP contribution in [0.15, 0.2) is 12.7 Å². The van der Waals surface area contributed by atoms with Crippen LogP contribution in [0.25, 0.3) is 11.2 Å². The molecule has 4 unspecified atom stereocenters. The first-order valence-corrected chi connectivity index (χ1v) is 17.9. The number of phosphoric acid groups is 4. The summed E-state index contributed by atoms with van der Waals surface area (Å²) in [5, 5.41) is 58.2. The van der Waals surface area contributed by atoms with Crippen molar-refractivity contribution in [3.8, 4) is 0 Å². The zero-order chi connectivity index (χ0) is 34.8. The van der Waals surface area contributed by atoms with E-state index in [1.54, 1.807) is 0 Å². The van der Waals surface area contributed by atoms with Crippen molar-refractivity contribution in [3.05, 3.63) is 12.7 Å². The standard InChI is InChI=1S/C16H27N5O21P4/c17-14-9-15(19-4-18-14)21(5-20-9)16-13(28)12(27)8(38-16)3-37-43(29,30)40-45(33,34)42-46(35,36)41-44(31,32)39-7(2-23)11(26)10(25)6(24)1-22/h2,4-8,10-13,16,22,24-28H,1,3H2,(H,29,30)(H,31,32)(H,33,34)(H,35,36)(H2,17,18,19)/t6-,7+,8-,10-,11-,12-,13-,16-/m1/s1. The van der Waals surface area contributed by atoms with E-state index < -0.39 is 99.7 Å². The molecule has 1 saturated heterocycles. The number of nitrogens with zero attached hydrogens (tertiary/aromatic N) is 4. The Kier molecular flexibility index (Phi) is 12.5. The number of anilines is 1. The van der Waals surface area contributed by atoms with Gasteiger partial charge in [-0.3, -0.25) is 13.6 Å². The normalized spacial score (nSPS) is 28.3. The van der Waals surface area contributed by atoms with E-state index >= 15 is 0 Å². The Balaban J connectivity index is 1.60. The summed E-state index contributed by atoms with van der Waals surface area (Å²) in [7, 11) is -24.5. The predicted molar refractivity (Wildman–Crippen MR) is 140 cm³/mol. The van der Waals surface area contributed by atoms with Gasteiger partial charge in [-0.2, -0.15) is 12.9 Å². The van der Waals surface area contributed by atoms with E-state index in [4.69, 9.17) is 15.6 Å². The van der Waals surface area contributed by atoms with E-state index in [0.29, 0.717) is 0 Å². The van der Waals surface area contributed by atoms with Gasteiger partial charge in [-0.15, -0.1) is 0 Å². The molecule has 2 aromatic heterocycles. The Hall–Kier alpha value is -1.70. The Bertz CT molecular complexity index is 1580. The molecule has 1 aliphatic rings. The van der Waals surface area contributed by atoms with E-state index in [-0.39, 0.29) is 17.0 Å². The van der Waals surface area contributed by atoms with Gasteiger partial charge in [0.15, 0.2) is 30.1 Å². The first kappa shape index (κ1) is 38.7. The highest BCUT2D eigenvalue weighted by Gasteiger charge is 2.49. The summed E-state index contributed by atoms with van der Waals surface area (Å²) < 4.78 is 74.7. The summed E-state index contributed by atoms with van der Waals surface area (Å²) >= 11 is 0. The number of rotatable bonds is 17. The van der Waals surface area contributed by atoms with Crippen molar-refractivity contribution in [1.82, 2.24) is 19.5 Å². The average molecular weight is 749 g/mol. The van der Waals surface area contributed by atoms with Crippen molar-refractivity contribution in [2.75, 3.05) is 18.9 Å². The smallest absolute Gasteiger partial charge is 0.394 e. The highest BCUT2D eigenvalue weighted by atomic mass is 31.3. The molecular weight excluding hydrogens is 722 g/mol. The Morgan fingerprint density at radius 1 is 0.913 bits per heavy atom. The molecule has 1 aliphatic heterocycles. The maximum atomic E-state index is 12.3. The lowest BCUT2D eigenvalue weighted by Crippen LogP contribution is -2.47. The molecule has 0 aliphatic carbocycles. The second-order valence-corrected chi connectivity index (χ2v) is 15.2. The monoisotopic (exact) mass is 749 g/mol. The lowest BCUT2D eigenvalue weighted by Gasteiger charge is -2.27. The molecule has 0 spiro atoms. The lowest BCUT2D eigenvalue weighted by atomic mass is 10.0. The Morgan fingerprint density at radius 3 is 2.09 bits per heavy atom. The molecule has 1 fully saturated rings. The Morgan fingerprint density at radius 2 is 1.50 bits per heavy atom. The van der Waals surface area contributed by atoms with Crippen LogP contribution < -0.4 is 5.73 Å². The average Bonchev–Trinajstić information content (AvgIpc) is 3.48. The molecule has 30 heteroatoms. The van der Waals surface area contributed by atoms with Crippen LogP contribution in [0.5, 0.6) is 0 Å². The van der Waals surface area contributed by atoms with Crippen molar-refractivity contribution < 1.29 is 100.0 Å². The van der Waals surface area contributed by atoms with Gasteiger partial charge >= 0.3 is 31.3 Å². The van der Waals surface area contributed by atoms with Crippen molar-refractivity contribution >= 4 is 54.6 Å². The largest absolute Gasteiger partial charge is 0.490 e. The number of aromatic nitrogens is 4. The molecule has 0 amide bonds. The van der Waals surface area contributed by atoms with E-state index in [1.165, 1.54) is 0 Å². The van der Waals surface area contributed by atoms with Gasteiger partial charge in [-0.05, 0) is 0 Å². The first-order chi connectivity index (χ1) is 21.1. The SMILES string of the molecule is Nc1ncnc2c1ncn2[C@@H]1O[C@H](COP(=O)(O)OP(=O)(O)OP(=O)(O)OP(=O)(O)O[C@@H](C=O)[C@@H](O)[C@H](O)[C@H](O)CO)[C@@H](O)[C@H]1O. The minimum atomic E-state index is -6.32. The maximum Gasteiger partial charge on any atom is 0.490 e. The quantitative estimate of drug-likeness (QED) is 0.0544. The second-order valence-electron chi connectivity index (χ2n) is 8.98. The highest BCUT2D eigenvalue weighted by Crippen LogP contribution is 2.71. The number of fused-ring (bicyclic) bond motifs is 1. The van der Waals surface area contributed by atoms with Crippen LogP contribution >= 0.6 is 31.3 Å². The van der Waals surface area contributed by atoms with Gasteiger partial charge in [0.25, 0.3) is 0 Å². The van der Waals surface area contributed by atoms with E-state index in [2.05, 4.69) is 36.9 Å². The van der Waals surface area contributed by atoms with Crippen molar-refractivity contribution in [2.24, 2.45) is 0 Å². The molecule has 12 N–H and O–H groups in total. The first-order valence-electron chi connectivity index (χ1n) is 12.0. The van der Waals surface area contributed by atoms with Crippen LogP contribution in [0.2, 0.25) is 0 Å². The minimum absolute atomic E-state index is 0.0309. The van der Waals surface area contributed by atoms with Gasteiger partial charge in [0.1, 0.15) is 48.5 Å². The second kappa shape index (κ2) is 14.8. The Labute approximate surface area is 255 Å². The van der Waals surface area contributed by atoms with Crippen molar-refractivity contribution in [3.63, 3.8) is 0 Å². The number of aliphatic hydroxyl groups excluding tert-OH is 6. The zero-order valence-corrected chi connectivity index (χ0v) is 26.0. The molecule has 0 bridgehead atoms. The summed E-state index contributed by atoms with van der Waals surface area (Å²) in [6.07, 6.45) is -14.5. The summed E-state index contributed by atoms with van der Waals surface area (Å²) in [6, 6.07) is 0. The number of phosphoric ester groups is 2. The fraction of sp³-hybridized carbons (Fsp3) is 0.625. The summed E-state index contributed by atoms with van der Waals surface area (Å²) in [6.45, 7) is -2.31. The topological polar surface area (TPSA) is 413 Å². The number of nitrogens with two attached hydrogens (primary N) is 1. The summed E-state index contributed by atoms with van der Waals surface area (Å²) in [5.74, 6) is -0.0309. The third-order valence-electron chi connectivity index (χ3n) is 5.68. The molecule has 0 aromatic carbocycles. The molecule has 3 heterocycles. The predicted octanol–water partition coefficient (Wildman–Crippen LogP) is -3.85. The highest BCUT2D eigenvalue weighted by molar-refractivity contribution is 7.69. The van der Waals surface area contributed by atoms with E-state index in [0.717, 1.165) is 17.2 Å². The van der Waals surface area contributed by atoms with Crippen LogP contribution in [-0.4, -0.2) is 132 Å².